The van der Waals surface area contributed by atoms with Crippen molar-refractivity contribution >= 4 is 20.6 Å². The van der Waals surface area contributed by atoms with Gasteiger partial charge in [-0.05, 0) is 41.0 Å². The van der Waals surface area contributed by atoms with Gasteiger partial charge in [0.2, 0.25) is 0 Å². The first kappa shape index (κ1) is 23.2. The second-order valence-electron chi connectivity index (χ2n) is 5.34. The van der Waals surface area contributed by atoms with Gasteiger partial charge in [-0.2, -0.15) is 0 Å². The minimum atomic E-state index is -2.62. The lowest BCUT2D eigenvalue weighted by Gasteiger charge is -2.28. The van der Waals surface area contributed by atoms with Crippen LogP contribution in [0.5, 0.6) is 0 Å². The largest absolute Gasteiger partial charge is 0.501 e. The predicted octanol–water partition coefficient (Wildman–Crippen LogP) is 2.35. The molecule has 0 heterocycles. The van der Waals surface area contributed by atoms with E-state index in [1.807, 2.05) is 20.8 Å². The van der Waals surface area contributed by atoms with Gasteiger partial charge in [-0.1, -0.05) is 0 Å². The molecule has 24 heavy (non-hydrogen) atoms. The third-order valence-electron chi connectivity index (χ3n) is 2.94. The molecule has 0 amide bonds. The number of hydrogen-bond donors (Lipinski definition) is 0. The molecule has 0 N–H and O–H groups in total. The molecule has 0 spiro atoms. The van der Waals surface area contributed by atoms with E-state index in [2.05, 4.69) is 0 Å². The van der Waals surface area contributed by atoms with Crippen LogP contribution in [0.4, 0.5) is 0 Å². The first-order valence-electron chi connectivity index (χ1n) is 8.57. The summed E-state index contributed by atoms with van der Waals surface area (Å²) < 4.78 is 27.9. The minimum Gasteiger partial charge on any atom is -0.460 e. The Morgan fingerprint density at radius 2 is 1.54 bits per heavy atom. The van der Waals surface area contributed by atoms with E-state index in [1.54, 1.807) is 6.92 Å². The number of carbonyl (C=O) groups is 2. The Labute approximate surface area is 146 Å². The Bertz CT molecular complexity index is 345. The molecule has 1 atom stereocenters. The lowest BCUT2D eigenvalue weighted by Crippen LogP contribution is -2.46. The van der Waals surface area contributed by atoms with Crippen LogP contribution in [0.25, 0.3) is 0 Å². The first-order chi connectivity index (χ1) is 11.4. The van der Waals surface area contributed by atoms with Crippen molar-refractivity contribution in [2.45, 2.75) is 59.6 Å². The summed E-state index contributed by atoms with van der Waals surface area (Å²) in [6.45, 7) is 11.3. The second-order valence-corrected chi connectivity index (χ2v) is 8.07. The predicted molar refractivity (Wildman–Crippen MR) is 91.7 cm³/mol. The van der Waals surface area contributed by atoms with Crippen LogP contribution in [-0.4, -0.2) is 59.7 Å². The van der Waals surface area contributed by atoms with Gasteiger partial charge in [0.1, 0.15) is 18.3 Å². The zero-order valence-electron chi connectivity index (χ0n) is 15.6. The molecular weight excluding hydrogens is 332 g/mol. The highest BCUT2D eigenvalue weighted by Crippen LogP contribution is 2.18. The van der Waals surface area contributed by atoms with E-state index >= 15 is 0 Å². The number of carbonyl (C=O) groups excluding carboxylic acids is 2. The maximum Gasteiger partial charge on any atom is 0.501 e. The van der Waals surface area contributed by atoms with Crippen molar-refractivity contribution in [1.82, 2.24) is 0 Å². The molecule has 0 fully saturated rings. The molecule has 0 saturated carbocycles. The van der Waals surface area contributed by atoms with Crippen molar-refractivity contribution < 1.29 is 32.3 Å². The van der Waals surface area contributed by atoms with E-state index in [4.69, 9.17) is 22.8 Å². The molecule has 0 aliphatic heterocycles. The highest BCUT2D eigenvalue weighted by molar-refractivity contribution is 6.60. The molecule has 0 aromatic heterocycles. The molecule has 1 unspecified atom stereocenters. The third kappa shape index (κ3) is 10.9. The highest BCUT2D eigenvalue weighted by atomic mass is 28.4. The van der Waals surface area contributed by atoms with Crippen LogP contribution in [0.15, 0.2) is 0 Å². The summed E-state index contributed by atoms with van der Waals surface area (Å²) in [7, 11) is -2.62. The average Bonchev–Trinajstić information content (AvgIpc) is 2.46. The van der Waals surface area contributed by atoms with Crippen molar-refractivity contribution in [3.8, 4) is 0 Å². The molecule has 0 aliphatic carbocycles. The van der Waals surface area contributed by atoms with Gasteiger partial charge >= 0.3 is 14.8 Å². The molecule has 0 rings (SSSR count). The molecule has 0 bridgehead atoms. The smallest absolute Gasteiger partial charge is 0.460 e. The molecule has 8 heteroatoms. The van der Waals surface area contributed by atoms with E-state index in [9.17, 15) is 9.59 Å². The normalized spacial score (nSPS) is 12.9. The van der Waals surface area contributed by atoms with Crippen molar-refractivity contribution in [2.24, 2.45) is 0 Å². The summed E-state index contributed by atoms with van der Waals surface area (Å²) in [4.78, 5) is 22.2. The minimum absolute atomic E-state index is 0.199. The van der Waals surface area contributed by atoms with Crippen molar-refractivity contribution in [3.05, 3.63) is 0 Å². The molecular formula is C16H32O7Si. The summed E-state index contributed by atoms with van der Waals surface area (Å²) >= 11 is 0. The number of ether oxygens (including phenoxy) is 2. The van der Waals surface area contributed by atoms with Gasteiger partial charge in [0.05, 0.1) is 6.61 Å². The summed E-state index contributed by atoms with van der Waals surface area (Å²) in [5, 5.41) is 0. The second kappa shape index (κ2) is 13.5. The zero-order chi connectivity index (χ0) is 18.4. The number of ketones is 1. The Hall–Kier alpha value is -0.803. The van der Waals surface area contributed by atoms with Crippen LogP contribution >= 0.6 is 0 Å². The molecule has 0 aromatic rings. The standard InChI is InChI=1S/C16H32O7Si/c1-6-20-24(21-7-2,22-8-3)11-9-10-19-13-15(5)23-16(18)12-14(4)17/h15H,6-13H2,1-5H3. The van der Waals surface area contributed by atoms with Crippen molar-refractivity contribution in [2.75, 3.05) is 33.0 Å². The quantitative estimate of drug-likeness (QED) is 0.191. The van der Waals surface area contributed by atoms with E-state index in [0.717, 1.165) is 6.42 Å². The lowest BCUT2D eigenvalue weighted by atomic mass is 10.3. The summed E-state index contributed by atoms with van der Waals surface area (Å²) in [6, 6.07) is 0.682. The third-order valence-corrected chi connectivity index (χ3v) is 6.09. The van der Waals surface area contributed by atoms with E-state index in [-0.39, 0.29) is 24.9 Å². The zero-order valence-corrected chi connectivity index (χ0v) is 16.6. The molecule has 0 aromatic carbocycles. The molecule has 0 aliphatic rings. The fraction of sp³-hybridized carbons (Fsp3) is 0.875. The van der Waals surface area contributed by atoms with Crippen molar-refractivity contribution in [3.63, 3.8) is 0 Å². The number of esters is 1. The topological polar surface area (TPSA) is 80.3 Å². The van der Waals surface area contributed by atoms with Gasteiger partial charge in [0.15, 0.2) is 0 Å². The Balaban J connectivity index is 4.07. The van der Waals surface area contributed by atoms with Gasteiger partial charge in [0.25, 0.3) is 0 Å². The van der Waals surface area contributed by atoms with Gasteiger partial charge in [-0.15, -0.1) is 0 Å². The SMILES string of the molecule is CCO[Si](CCCOCC(C)OC(=O)CC(C)=O)(OCC)OCC. The number of rotatable bonds is 15. The maximum atomic E-state index is 11.4. The maximum absolute atomic E-state index is 11.4. The fourth-order valence-corrected chi connectivity index (χ4v) is 4.72. The highest BCUT2D eigenvalue weighted by Gasteiger charge is 2.39. The van der Waals surface area contributed by atoms with E-state index < -0.39 is 14.8 Å². The molecule has 7 nitrogen and oxygen atoms in total. The lowest BCUT2D eigenvalue weighted by molar-refractivity contribution is -0.152. The van der Waals surface area contributed by atoms with Crippen LogP contribution in [0.3, 0.4) is 0 Å². The van der Waals surface area contributed by atoms with Gasteiger partial charge in [-0.25, -0.2) is 0 Å². The molecule has 142 valence electrons. The Morgan fingerprint density at radius 1 is 1.00 bits per heavy atom. The summed E-state index contributed by atoms with van der Waals surface area (Å²) in [5.74, 6) is -0.730. The summed E-state index contributed by atoms with van der Waals surface area (Å²) in [5.41, 5.74) is 0. The van der Waals surface area contributed by atoms with Crippen LogP contribution in [0.1, 0.15) is 47.5 Å². The van der Waals surface area contributed by atoms with Crippen LogP contribution in [-0.2, 0) is 32.3 Å². The first-order valence-corrected chi connectivity index (χ1v) is 10.5. The summed E-state index contributed by atoms with van der Waals surface area (Å²) in [6.07, 6.45) is 0.153. The fourth-order valence-electron chi connectivity index (χ4n) is 2.14. The van der Waals surface area contributed by atoms with Gasteiger partial charge < -0.3 is 22.8 Å². The van der Waals surface area contributed by atoms with Crippen molar-refractivity contribution in [1.29, 1.82) is 0 Å². The number of hydrogen-bond acceptors (Lipinski definition) is 7. The van der Waals surface area contributed by atoms with Crippen LogP contribution < -0.4 is 0 Å². The van der Waals surface area contributed by atoms with Crippen LogP contribution in [0, 0.1) is 0 Å². The van der Waals surface area contributed by atoms with E-state index in [1.165, 1.54) is 6.92 Å². The Kier molecular flexibility index (Phi) is 13.0. The van der Waals surface area contributed by atoms with Gasteiger partial charge in [0, 0.05) is 32.5 Å². The van der Waals surface area contributed by atoms with Gasteiger partial charge in [-0.3, -0.25) is 9.59 Å². The van der Waals surface area contributed by atoms with Crippen LogP contribution in [0.2, 0.25) is 6.04 Å². The molecule has 0 saturated heterocycles. The Morgan fingerprint density at radius 3 is 2.00 bits per heavy atom. The molecule has 0 radical (unpaired) electrons. The average molecular weight is 365 g/mol. The monoisotopic (exact) mass is 364 g/mol. The van der Waals surface area contributed by atoms with E-state index in [0.29, 0.717) is 32.5 Å². The number of Topliss-reactive ketones (excluding diaryl/α,β-unsaturated/α-hetero) is 1.